The summed E-state index contributed by atoms with van der Waals surface area (Å²) in [6.45, 7) is 4.13. The second-order valence-electron chi connectivity index (χ2n) is 4.69. The summed E-state index contributed by atoms with van der Waals surface area (Å²) in [6.07, 6.45) is 0. The van der Waals surface area contributed by atoms with Gasteiger partial charge in [0.25, 0.3) is 0 Å². The normalized spacial score (nSPS) is 17.1. The predicted molar refractivity (Wildman–Crippen MR) is 78.6 cm³/mol. The fraction of sp³-hybridized carbons (Fsp3) is 0.500. The molecule has 0 radical (unpaired) electrons. The smallest absolute Gasteiger partial charge is 0.244 e. The predicted octanol–water partition coefficient (Wildman–Crippen LogP) is 0.911. The summed E-state index contributed by atoms with van der Waals surface area (Å²) >= 11 is 2.88. The SMILES string of the molecule is O=S(=O)(NCCN1CCNCC1)c1c(F)cc(F)cc1Br. The van der Waals surface area contributed by atoms with Crippen molar-refractivity contribution in [2.75, 3.05) is 39.3 Å². The topological polar surface area (TPSA) is 61.4 Å². The van der Waals surface area contributed by atoms with Crippen molar-refractivity contribution in [1.82, 2.24) is 14.9 Å². The van der Waals surface area contributed by atoms with Crippen molar-refractivity contribution in [3.05, 3.63) is 28.2 Å². The number of hydrogen-bond acceptors (Lipinski definition) is 4. The van der Waals surface area contributed by atoms with Crippen LogP contribution in [-0.4, -0.2) is 52.6 Å². The summed E-state index contributed by atoms with van der Waals surface area (Å²) in [6, 6.07) is 1.48. The number of sulfonamides is 1. The first kappa shape index (κ1) is 16.8. The van der Waals surface area contributed by atoms with E-state index in [-0.39, 0.29) is 11.0 Å². The Balaban J connectivity index is 2.01. The van der Waals surface area contributed by atoms with Crippen LogP contribution in [0.25, 0.3) is 0 Å². The highest BCUT2D eigenvalue weighted by atomic mass is 79.9. The van der Waals surface area contributed by atoms with Gasteiger partial charge in [0, 0.05) is 49.8 Å². The van der Waals surface area contributed by atoms with E-state index in [2.05, 4.69) is 30.9 Å². The number of rotatable bonds is 5. The summed E-state index contributed by atoms with van der Waals surface area (Å²) in [5, 5.41) is 3.20. The molecule has 0 unspecified atom stereocenters. The molecule has 9 heteroatoms. The average Bonchev–Trinajstić information content (AvgIpc) is 2.38. The number of benzene rings is 1. The molecule has 1 aliphatic rings. The molecule has 1 aromatic rings. The molecule has 1 fully saturated rings. The lowest BCUT2D eigenvalue weighted by Gasteiger charge is -2.27. The van der Waals surface area contributed by atoms with Gasteiger partial charge in [0.1, 0.15) is 16.5 Å². The molecule has 5 nitrogen and oxygen atoms in total. The molecular weight excluding hydrogens is 368 g/mol. The van der Waals surface area contributed by atoms with E-state index < -0.39 is 26.6 Å². The van der Waals surface area contributed by atoms with Crippen LogP contribution in [0.15, 0.2) is 21.5 Å². The molecule has 0 aliphatic carbocycles. The zero-order chi connectivity index (χ0) is 15.5. The Hall–Kier alpha value is -0.610. The third kappa shape index (κ3) is 4.43. The molecule has 1 saturated heterocycles. The van der Waals surface area contributed by atoms with Crippen LogP contribution < -0.4 is 10.0 Å². The van der Waals surface area contributed by atoms with Crippen LogP contribution in [0.5, 0.6) is 0 Å². The minimum absolute atomic E-state index is 0.130. The van der Waals surface area contributed by atoms with Crippen LogP contribution in [0.3, 0.4) is 0 Å². The van der Waals surface area contributed by atoms with Gasteiger partial charge in [-0.15, -0.1) is 0 Å². The minimum Gasteiger partial charge on any atom is -0.314 e. The van der Waals surface area contributed by atoms with Crippen molar-refractivity contribution in [1.29, 1.82) is 0 Å². The number of nitrogens with one attached hydrogen (secondary N) is 2. The van der Waals surface area contributed by atoms with Crippen molar-refractivity contribution in [3.63, 3.8) is 0 Å². The van der Waals surface area contributed by atoms with Crippen LogP contribution in [0.4, 0.5) is 8.78 Å². The van der Waals surface area contributed by atoms with Crippen LogP contribution in [0.1, 0.15) is 0 Å². The highest BCUT2D eigenvalue weighted by Crippen LogP contribution is 2.25. The number of piperazine rings is 1. The van der Waals surface area contributed by atoms with E-state index in [0.717, 1.165) is 32.2 Å². The van der Waals surface area contributed by atoms with Gasteiger partial charge in [0.05, 0.1) is 0 Å². The maximum Gasteiger partial charge on any atom is 0.244 e. The molecule has 0 bridgehead atoms. The molecule has 0 spiro atoms. The monoisotopic (exact) mass is 383 g/mol. The quantitative estimate of drug-likeness (QED) is 0.793. The van der Waals surface area contributed by atoms with E-state index >= 15 is 0 Å². The Morgan fingerprint density at radius 3 is 2.57 bits per heavy atom. The average molecular weight is 384 g/mol. The Bertz CT molecular complexity index is 584. The molecule has 0 saturated carbocycles. The molecule has 21 heavy (non-hydrogen) atoms. The Kier molecular flexibility index (Phi) is 5.67. The summed E-state index contributed by atoms with van der Waals surface area (Å²) in [5.41, 5.74) is 0. The molecule has 0 amide bonds. The lowest BCUT2D eigenvalue weighted by atomic mass is 10.3. The van der Waals surface area contributed by atoms with E-state index in [4.69, 9.17) is 0 Å². The molecule has 118 valence electrons. The zero-order valence-electron chi connectivity index (χ0n) is 11.2. The highest BCUT2D eigenvalue weighted by molar-refractivity contribution is 9.10. The largest absolute Gasteiger partial charge is 0.314 e. The van der Waals surface area contributed by atoms with Crippen molar-refractivity contribution in [3.8, 4) is 0 Å². The van der Waals surface area contributed by atoms with E-state index in [1.165, 1.54) is 0 Å². The lowest BCUT2D eigenvalue weighted by molar-refractivity contribution is 0.245. The molecule has 1 heterocycles. The van der Waals surface area contributed by atoms with E-state index in [1.54, 1.807) is 0 Å². The van der Waals surface area contributed by atoms with Gasteiger partial charge < -0.3 is 5.32 Å². The van der Waals surface area contributed by atoms with Gasteiger partial charge in [-0.25, -0.2) is 21.9 Å². The van der Waals surface area contributed by atoms with E-state index in [9.17, 15) is 17.2 Å². The maximum atomic E-state index is 13.7. The summed E-state index contributed by atoms with van der Waals surface area (Å²) in [4.78, 5) is 1.54. The number of nitrogens with zero attached hydrogens (tertiary/aromatic N) is 1. The fourth-order valence-electron chi connectivity index (χ4n) is 2.13. The van der Waals surface area contributed by atoms with Gasteiger partial charge in [-0.3, -0.25) is 4.90 Å². The third-order valence-electron chi connectivity index (χ3n) is 3.16. The van der Waals surface area contributed by atoms with E-state index in [1.807, 2.05) is 0 Å². The minimum atomic E-state index is -4.02. The van der Waals surface area contributed by atoms with Gasteiger partial charge in [-0.2, -0.15) is 0 Å². The van der Waals surface area contributed by atoms with Crippen molar-refractivity contribution < 1.29 is 17.2 Å². The van der Waals surface area contributed by atoms with E-state index in [0.29, 0.717) is 12.6 Å². The summed E-state index contributed by atoms with van der Waals surface area (Å²) in [5.74, 6) is -1.95. The van der Waals surface area contributed by atoms with Gasteiger partial charge in [-0.05, 0) is 22.0 Å². The summed E-state index contributed by atoms with van der Waals surface area (Å²) < 4.78 is 53.1. The first-order valence-electron chi connectivity index (χ1n) is 6.47. The maximum absolute atomic E-state index is 13.7. The number of hydrogen-bond donors (Lipinski definition) is 2. The second-order valence-corrected chi connectivity index (χ2v) is 7.25. The van der Waals surface area contributed by atoms with Crippen LogP contribution in [0.2, 0.25) is 0 Å². The fourth-order valence-corrected chi connectivity index (χ4v) is 4.31. The van der Waals surface area contributed by atoms with Crippen LogP contribution >= 0.6 is 15.9 Å². The second kappa shape index (κ2) is 7.10. The van der Waals surface area contributed by atoms with Crippen LogP contribution in [-0.2, 0) is 10.0 Å². The van der Waals surface area contributed by atoms with Gasteiger partial charge in [-0.1, -0.05) is 0 Å². The molecule has 1 aromatic carbocycles. The molecule has 2 N–H and O–H groups in total. The Morgan fingerprint density at radius 1 is 1.29 bits per heavy atom. The highest BCUT2D eigenvalue weighted by Gasteiger charge is 2.23. The third-order valence-corrected chi connectivity index (χ3v) is 5.59. The molecule has 0 atom stereocenters. The Labute approximate surface area is 130 Å². The van der Waals surface area contributed by atoms with Crippen molar-refractivity contribution in [2.24, 2.45) is 0 Å². The Morgan fingerprint density at radius 2 is 1.95 bits per heavy atom. The molecule has 0 aromatic heterocycles. The zero-order valence-corrected chi connectivity index (χ0v) is 13.6. The lowest BCUT2D eigenvalue weighted by Crippen LogP contribution is -2.46. The van der Waals surface area contributed by atoms with Crippen LogP contribution in [0, 0.1) is 11.6 Å². The van der Waals surface area contributed by atoms with Crippen molar-refractivity contribution in [2.45, 2.75) is 4.90 Å². The molecule has 1 aliphatic heterocycles. The van der Waals surface area contributed by atoms with Gasteiger partial charge >= 0.3 is 0 Å². The molecule has 2 rings (SSSR count). The first-order chi connectivity index (χ1) is 9.90. The first-order valence-corrected chi connectivity index (χ1v) is 8.75. The number of halogens is 3. The van der Waals surface area contributed by atoms with Gasteiger partial charge in [0.2, 0.25) is 10.0 Å². The summed E-state index contributed by atoms with van der Waals surface area (Å²) in [7, 11) is -4.02. The standard InChI is InChI=1S/C12H16BrF2N3O2S/c13-10-7-9(14)8-11(15)12(10)21(19,20)17-3-6-18-4-1-16-2-5-18/h7-8,16-17H,1-6H2. The van der Waals surface area contributed by atoms with Crippen molar-refractivity contribution >= 4 is 26.0 Å². The van der Waals surface area contributed by atoms with Gasteiger partial charge in [0.15, 0.2) is 0 Å². The molecular formula is C12H16BrF2N3O2S.